The van der Waals surface area contributed by atoms with Gasteiger partial charge in [0.05, 0.1) is 12.7 Å². The van der Waals surface area contributed by atoms with E-state index in [2.05, 4.69) is 36.9 Å². The third-order valence-electron chi connectivity index (χ3n) is 10.9. The van der Waals surface area contributed by atoms with Crippen LogP contribution in [0, 0.1) is 23.1 Å². The van der Waals surface area contributed by atoms with Gasteiger partial charge in [0.2, 0.25) is 0 Å². The topological polar surface area (TPSA) is 68.2 Å². The molecule has 6 nitrogen and oxygen atoms in total. The molecule has 0 aromatic heterocycles. The van der Waals surface area contributed by atoms with E-state index in [1.165, 1.54) is 11.0 Å². The minimum Gasteiger partial charge on any atom is -0.407 e. The summed E-state index contributed by atoms with van der Waals surface area (Å²) in [6, 6.07) is 2.82. The zero-order chi connectivity index (χ0) is 35.5. The number of aryl methyl sites for hydroxylation is 1. The number of hydrogen-bond donors (Lipinski definition) is 3. The summed E-state index contributed by atoms with van der Waals surface area (Å²) in [5.41, 5.74) is -2.63. The molecule has 274 valence electrons. The van der Waals surface area contributed by atoms with E-state index < -0.39 is 36.5 Å². The summed E-state index contributed by atoms with van der Waals surface area (Å²) < 4.78 is 110. The molecule has 3 aliphatic rings. The summed E-state index contributed by atoms with van der Waals surface area (Å²) in [5, 5.41) is 9.31. The van der Waals surface area contributed by atoms with Crippen LogP contribution in [0.2, 0.25) is 0 Å². The number of benzene rings is 1. The predicted molar refractivity (Wildman–Crippen MR) is 172 cm³/mol. The highest BCUT2D eigenvalue weighted by molar-refractivity contribution is 7.80. The zero-order valence-electron chi connectivity index (χ0n) is 27.2. The first-order chi connectivity index (χ1) is 22.5. The van der Waals surface area contributed by atoms with Gasteiger partial charge in [0.25, 0.3) is 5.60 Å². The first kappa shape index (κ1) is 39.4. The fourth-order valence-corrected chi connectivity index (χ4v) is 8.75. The zero-order valence-corrected chi connectivity index (χ0v) is 29.0. The summed E-state index contributed by atoms with van der Waals surface area (Å²) in [6.07, 6.45) is -6.70. The van der Waals surface area contributed by atoms with E-state index in [1.807, 2.05) is 0 Å². The third kappa shape index (κ3) is 8.05. The molecule has 0 radical (unpaired) electrons. The highest BCUT2D eigenvalue weighted by atomic mass is 32.1. The fourth-order valence-electron chi connectivity index (χ4n) is 8.07. The van der Waals surface area contributed by atoms with E-state index >= 15 is 4.39 Å². The third-order valence-corrected chi connectivity index (χ3v) is 11.6. The van der Waals surface area contributed by atoms with Gasteiger partial charge in [-0.15, -0.1) is 0 Å². The van der Waals surface area contributed by atoms with E-state index in [0.717, 1.165) is 43.2 Å². The van der Waals surface area contributed by atoms with E-state index in [-0.39, 0.29) is 74.2 Å². The smallest absolute Gasteiger partial charge is 0.407 e. The molecule has 0 aliphatic heterocycles. The van der Waals surface area contributed by atoms with Crippen molar-refractivity contribution in [3.8, 4) is 5.75 Å². The summed E-state index contributed by atoms with van der Waals surface area (Å²) in [7, 11) is 0. The predicted octanol–water partition coefficient (Wildman–Crippen LogP) is 8.16. The van der Waals surface area contributed by atoms with E-state index in [4.69, 9.17) is 9.47 Å². The standard InChI is InChI=1S/C33H46F7NO5S2/c1-30-11-9-22-23(25(30)7-8-28(30)44-14-4-15-45-31(2,32(35,36)37)33(38,39)40)6-5-20-17-27(26(34)18-24(20)22)46-29(43)41(12-3-13-42)21(19-48)10-16-47/h17-18,21-23,25,28,42,47-48H,3-16,19H2,1-2H3/t21?,22-,23+,25-,28-,30-/m0/s1. The van der Waals surface area contributed by atoms with Crippen LogP contribution in [-0.4, -0.2) is 84.1 Å². The summed E-state index contributed by atoms with van der Waals surface area (Å²) in [4.78, 5) is 14.6. The second-order valence-electron chi connectivity index (χ2n) is 13.6. The van der Waals surface area contributed by atoms with Crippen molar-refractivity contribution < 1.29 is 54.8 Å². The molecule has 1 amide bonds. The van der Waals surface area contributed by atoms with Gasteiger partial charge in [-0.2, -0.15) is 51.6 Å². The van der Waals surface area contributed by atoms with Gasteiger partial charge in [-0.1, -0.05) is 6.92 Å². The van der Waals surface area contributed by atoms with E-state index in [0.29, 0.717) is 30.8 Å². The van der Waals surface area contributed by atoms with Gasteiger partial charge >= 0.3 is 18.4 Å². The molecular formula is C33H46F7NO5S2. The van der Waals surface area contributed by atoms with E-state index in [9.17, 15) is 36.2 Å². The number of aliphatic hydroxyl groups excluding tert-OH is 1. The molecule has 2 saturated carbocycles. The number of rotatable bonds is 14. The maximum Gasteiger partial charge on any atom is 0.426 e. The SMILES string of the molecule is CC(OCCCO[C@H]1CC[C@H]2[C@@H]3CCc4cc(OC(=O)N(CCCO)C(CS)CCS)c(F)cc4[C@H]3CC[C@]12C)(C(F)(F)F)C(F)(F)F. The summed E-state index contributed by atoms with van der Waals surface area (Å²) >= 11 is 8.61. The molecule has 6 atom stereocenters. The average molecular weight is 734 g/mol. The van der Waals surface area contributed by atoms with Gasteiger partial charge in [-0.25, -0.2) is 9.18 Å². The lowest BCUT2D eigenvalue weighted by molar-refractivity contribution is -0.374. The van der Waals surface area contributed by atoms with Crippen LogP contribution < -0.4 is 4.74 Å². The van der Waals surface area contributed by atoms with Crippen molar-refractivity contribution >= 4 is 31.4 Å². The Kier molecular flexibility index (Phi) is 13.0. The molecule has 1 aromatic rings. The number of aliphatic hydroxyl groups is 1. The number of alkyl halides is 6. The van der Waals surface area contributed by atoms with Crippen molar-refractivity contribution in [2.45, 2.75) is 108 Å². The van der Waals surface area contributed by atoms with Gasteiger partial charge < -0.3 is 24.2 Å². The van der Waals surface area contributed by atoms with Crippen molar-refractivity contribution in [2.24, 2.45) is 17.3 Å². The largest absolute Gasteiger partial charge is 0.426 e. The second kappa shape index (κ2) is 15.9. The van der Waals surface area contributed by atoms with Crippen LogP contribution in [0.3, 0.4) is 0 Å². The summed E-state index contributed by atoms with van der Waals surface area (Å²) in [6.45, 7) is 1.48. The lowest BCUT2D eigenvalue weighted by atomic mass is 9.55. The Morgan fingerprint density at radius 3 is 2.40 bits per heavy atom. The van der Waals surface area contributed by atoms with Crippen LogP contribution in [0.15, 0.2) is 12.1 Å². The summed E-state index contributed by atoms with van der Waals surface area (Å²) in [5.74, 6) is 0.728. The molecule has 0 bridgehead atoms. The van der Waals surface area contributed by atoms with Crippen molar-refractivity contribution in [1.29, 1.82) is 0 Å². The van der Waals surface area contributed by atoms with Crippen LogP contribution in [0.25, 0.3) is 0 Å². The fraction of sp³-hybridized carbons (Fsp3) is 0.788. The Morgan fingerprint density at radius 2 is 1.77 bits per heavy atom. The number of carbonyl (C=O) groups is 1. The monoisotopic (exact) mass is 733 g/mol. The molecule has 48 heavy (non-hydrogen) atoms. The molecule has 1 unspecified atom stereocenters. The number of halogens is 7. The average Bonchev–Trinajstić information content (AvgIpc) is 3.35. The van der Waals surface area contributed by atoms with Crippen LogP contribution >= 0.6 is 25.3 Å². The Hall–Kier alpha value is -1.42. The number of ether oxygens (including phenoxy) is 3. The molecule has 15 heteroatoms. The lowest BCUT2D eigenvalue weighted by Gasteiger charge is -2.50. The lowest BCUT2D eigenvalue weighted by Crippen LogP contribution is -2.56. The van der Waals surface area contributed by atoms with Crippen LogP contribution in [0.5, 0.6) is 5.75 Å². The van der Waals surface area contributed by atoms with Crippen molar-refractivity contribution in [3.05, 3.63) is 29.1 Å². The second-order valence-corrected chi connectivity index (χ2v) is 14.4. The maximum atomic E-state index is 15.5. The molecule has 0 spiro atoms. The minimum atomic E-state index is -5.60. The molecular weight excluding hydrogens is 687 g/mol. The van der Waals surface area contributed by atoms with Gasteiger partial charge in [-0.05, 0) is 117 Å². The first-order valence-electron chi connectivity index (χ1n) is 16.5. The highest BCUT2D eigenvalue weighted by Gasteiger charge is 2.69. The minimum absolute atomic E-state index is 0.00376. The Bertz CT molecular complexity index is 1240. The first-order valence-corrected chi connectivity index (χ1v) is 17.8. The van der Waals surface area contributed by atoms with Gasteiger partial charge in [-0.3, -0.25) is 0 Å². The molecule has 1 aromatic carbocycles. The van der Waals surface area contributed by atoms with Crippen LogP contribution in [0.1, 0.15) is 82.3 Å². The Balaban J connectivity index is 1.38. The van der Waals surface area contributed by atoms with Gasteiger partial charge in [0.15, 0.2) is 11.6 Å². The molecule has 4 rings (SSSR count). The van der Waals surface area contributed by atoms with Crippen LogP contribution in [-0.2, 0) is 15.9 Å². The number of hydrogen-bond acceptors (Lipinski definition) is 7. The number of fused-ring (bicyclic) bond motifs is 5. The van der Waals surface area contributed by atoms with Crippen LogP contribution in [0.4, 0.5) is 35.5 Å². The van der Waals surface area contributed by atoms with Crippen molar-refractivity contribution in [3.63, 3.8) is 0 Å². The Labute approximate surface area is 288 Å². The molecule has 3 aliphatic carbocycles. The highest BCUT2D eigenvalue weighted by Crippen LogP contribution is 2.61. The maximum absolute atomic E-state index is 15.5. The Morgan fingerprint density at radius 1 is 1.06 bits per heavy atom. The van der Waals surface area contributed by atoms with Gasteiger partial charge in [0.1, 0.15) is 0 Å². The molecule has 0 heterocycles. The molecule has 0 saturated heterocycles. The van der Waals surface area contributed by atoms with Crippen molar-refractivity contribution in [1.82, 2.24) is 4.90 Å². The van der Waals surface area contributed by atoms with Crippen molar-refractivity contribution in [2.75, 3.05) is 37.9 Å². The number of thiol groups is 2. The molecule has 1 N–H and O–H groups in total. The quantitative estimate of drug-likeness (QED) is 0.102. The normalized spacial score (nSPS) is 26.4. The van der Waals surface area contributed by atoms with E-state index in [1.54, 1.807) is 6.07 Å². The number of amides is 1. The number of carbonyl (C=O) groups excluding carboxylic acids is 1. The molecule has 2 fully saturated rings. The number of nitrogens with zero attached hydrogens (tertiary/aromatic N) is 1. The van der Waals surface area contributed by atoms with Gasteiger partial charge in [0, 0.05) is 31.6 Å².